The lowest BCUT2D eigenvalue weighted by atomic mass is 10.1. The molecule has 1 fully saturated rings. The molecule has 0 aliphatic carbocycles. The summed E-state index contributed by atoms with van der Waals surface area (Å²) in [6.07, 6.45) is 6.40. The highest BCUT2D eigenvalue weighted by Gasteiger charge is 2.25. The van der Waals surface area contributed by atoms with Crippen molar-refractivity contribution in [3.63, 3.8) is 0 Å². The van der Waals surface area contributed by atoms with Gasteiger partial charge in [-0.3, -0.25) is 4.90 Å². The van der Waals surface area contributed by atoms with Gasteiger partial charge in [0.25, 0.3) is 0 Å². The number of furan rings is 1. The fraction of sp³-hybridized carbons (Fsp3) is 0.474. The molecule has 130 valence electrons. The van der Waals surface area contributed by atoms with Crippen molar-refractivity contribution in [2.45, 2.75) is 30.3 Å². The van der Waals surface area contributed by atoms with Crippen molar-refractivity contribution in [1.29, 1.82) is 0 Å². The van der Waals surface area contributed by atoms with Crippen LogP contribution < -0.4 is 10.1 Å². The number of hydrogen-bond donors (Lipinski definition) is 1. The molecule has 0 saturated carbocycles. The summed E-state index contributed by atoms with van der Waals surface area (Å²) in [5.41, 5.74) is 1.24. The van der Waals surface area contributed by atoms with Gasteiger partial charge in [0.05, 0.1) is 19.4 Å². The molecule has 4 nitrogen and oxygen atoms in total. The molecule has 1 aliphatic rings. The summed E-state index contributed by atoms with van der Waals surface area (Å²) in [6.45, 7) is 4.03. The van der Waals surface area contributed by atoms with Crippen LogP contribution in [0.15, 0.2) is 45.9 Å². The Labute approximate surface area is 148 Å². The van der Waals surface area contributed by atoms with E-state index in [1.165, 1.54) is 23.3 Å². The Kier molecular flexibility index (Phi) is 6.24. The highest BCUT2D eigenvalue weighted by Crippen LogP contribution is 2.28. The second-order valence-electron chi connectivity index (χ2n) is 6.09. The number of thioether (sulfide) groups is 1. The molecule has 0 radical (unpaired) electrons. The van der Waals surface area contributed by atoms with Gasteiger partial charge in [0.2, 0.25) is 0 Å². The molecule has 1 unspecified atom stereocenters. The molecule has 3 rings (SSSR count). The van der Waals surface area contributed by atoms with Crippen molar-refractivity contribution < 1.29 is 9.15 Å². The van der Waals surface area contributed by atoms with E-state index < -0.39 is 0 Å². The van der Waals surface area contributed by atoms with E-state index in [1.54, 1.807) is 25.1 Å². The number of benzene rings is 1. The Bertz CT molecular complexity index is 624. The lowest BCUT2D eigenvalue weighted by molar-refractivity contribution is 0.209. The zero-order chi connectivity index (χ0) is 16.8. The average Bonchev–Trinajstić information content (AvgIpc) is 3.32. The van der Waals surface area contributed by atoms with Gasteiger partial charge < -0.3 is 14.5 Å². The molecule has 1 aromatic heterocycles. The highest BCUT2D eigenvalue weighted by atomic mass is 32.2. The van der Waals surface area contributed by atoms with Crippen LogP contribution in [0, 0.1) is 0 Å². The van der Waals surface area contributed by atoms with E-state index in [0.29, 0.717) is 6.04 Å². The van der Waals surface area contributed by atoms with Crippen LogP contribution in [-0.4, -0.2) is 37.9 Å². The van der Waals surface area contributed by atoms with E-state index in [2.05, 4.69) is 40.7 Å². The van der Waals surface area contributed by atoms with Gasteiger partial charge in [0.15, 0.2) is 0 Å². The predicted octanol–water partition coefficient (Wildman–Crippen LogP) is 3.94. The number of methoxy groups -OCH3 is 1. The summed E-state index contributed by atoms with van der Waals surface area (Å²) in [6, 6.07) is 10.8. The molecule has 24 heavy (non-hydrogen) atoms. The molecular formula is C19H26N2O2S. The molecule has 0 amide bonds. The molecular weight excluding hydrogens is 320 g/mol. The van der Waals surface area contributed by atoms with Crippen LogP contribution >= 0.6 is 11.8 Å². The van der Waals surface area contributed by atoms with Crippen LogP contribution in [0.2, 0.25) is 0 Å². The van der Waals surface area contributed by atoms with Gasteiger partial charge in [-0.15, -0.1) is 11.8 Å². The smallest absolute Gasteiger partial charge is 0.132 e. The number of rotatable bonds is 8. The van der Waals surface area contributed by atoms with Gasteiger partial charge in [0, 0.05) is 18.0 Å². The molecule has 1 aliphatic heterocycles. The minimum Gasteiger partial charge on any atom is -0.496 e. The van der Waals surface area contributed by atoms with Gasteiger partial charge in [-0.25, -0.2) is 0 Å². The minimum atomic E-state index is 0.315. The summed E-state index contributed by atoms with van der Waals surface area (Å²) in [4.78, 5) is 3.69. The third-order valence-electron chi connectivity index (χ3n) is 4.57. The Morgan fingerprint density at radius 2 is 2.12 bits per heavy atom. The van der Waals surface area contributed by atoms with Crippen molar-refractivity contribution in [2.24, 2.45) is 0 Å². The molecule has 1 aromatic carbocycles. The maximum atomic E-state index is 5.67. The molecule has 0 spiro atoms. The zero-order valence-corrected chi connectivity index (χ0v) is 15.3. The van der Waals surface area contributed by atoms with Crippen LogP contribution in [0.4, 0.5) is 0 Å². The maximum Gasteiger partial charge on any atom is 0.132 e. The van der Waals surface area contributed by atoms with Crippen molar-refractivity contribution in [2.75, 3.05) is 33.0 Å². The number of likely N-dealkylation sites (tertiary alicyclic amines) is 1. The Morgan fingerprint density at radius 3 is 2.79 bits per heavy atom. The standard InChI is InChI=1S/C19H26N2O2S/c1-22-18-12-15(7-8-19(18)24-2)13-20-14-16(17-6-5-11-23-17)21-9-3-4-10-21/h5-8,11-12,16,20H,3-4,9-10,13-14H2,1-2H3. The quantitative estimate of drug-likeness (QED) is 0.733. The lowest BCUT2D eigenvalue weighted by Crippen LogP contribution is -2.33. The van der Waals surface area contributed by atoms with Crippen LogP contribution in [0.25, 0.3) is 0 Å². The van der Waals surface area contributed by atoms with Crippen molar-refractivity contribution in [1.82, 2.24) is 10.2 Å². The summed E-state index contributed by atoms with van der Waals surface area (Å²) >= 11 is 1.71. The van der Waals surface area contributed by atoms with Crippen molar-refractivity contribution in [3.8, 4) is 5.75 Å². The van der Waals surface area contributed by atoms with Crippen LogP contribution in [0.1, 0.15) is 30.2 Å². The first-order valence-electron chi connectivity index (χ1n) is 8.51. The van der Waals surface area contributed by atoms with Crippen molar-refractivity contribution in [3.05, 3.63) is 47.9 Å². The molecule has 1 N–H and O–H groups in total. The van der Waals surface area contributed by atoms with E-state index in [1.807, 2.05) is 6.07 Å². The predicted molar refractivity (Wildman–Crippen MR) is 98.7 cm³/mol. The van der Waals surface area contributed by atoms with Crippen LogP contribution in [0.5, 0.6) is 5.75 Å². The topological polar surface area (TPSA) is 37.6 Å². The number of nitrogens with one attached hydrogen (secondary N) is 1. The first kappa shape index (κ1) is 17.4. The second kappa shape index (κ2) is 8.60. The van der Waals surface area contributed by atoms with Crippen LogP contribution in [-0.2, 0) is 6.54 Å². The van der Waals surface area contributed by atoms with E-state index in [9.17, 15) is 0 Å². The first-order chi connectivity index (χ1) is 11.8. The minimum absolute atomic E-state index is 0.315. The first-order valence-corrected chi connectivity index (χ1v) is 9.73. The van der Waals surface area contributed by atoms with E-state index in [0.717, 1.165) is 37.7 Å². The normalized spacial score (nSPS) is 16.4. The van der Waals surface area contributed by atoms with Crippen LogP contribution in [0.3, 0.4) is 0 Å². The zero-order valence-electron chi connectivity index (χ0n) is 14.5. The largest absolute Gasteiger partial charge is 0.496 e. The van der Waals surface area contributed by atoms with E-state index >= 15 is 0 Å². The molecule has 2 heterocycles. The molecule has 0 bridgehead atoms. The van der Waals surface area contributed by atoms with Gasteiger partial charge >= 0.3 is 0 Å². The SMILES string of the molecule is COc1cc(CNCC(c2ccco2)N2CCCC2)ccc1SC. The summed E-state index contributed by atoms with van der Waals surface area (Å²) < 4.78 is 11.1. The third kappa shape index (κ3) is 4.15. The second-order valence-corrected chi connectivity index (χ2v) is 6.94. The summed E-state index contributed by atoms with van der Waals surface area (Å²) in [5, 5.41) is 3.59. The fourth-order valence-electron chi connectivity index (χ4n) is 3.29. The average molecular weight is 346 g/mol. The molecule has 5 heteroatoms. The summed E-state index contributed by atoms with van der Waals surface area (Å²) in [5.74, 6) is 2.00. The van der Waals surface area contributed by atoms with E-state index in [4.69, 9.17) is 9.15 Å². The van der Waals surface area contributed by atoms with Gasteiger partial charge in [-0.05, 0) is 62.0 Å². The Balaban J connectivity index is 1.61. The molecule has 2 aromatic rings. The monoisotopic (exact) mass is 346 g/mol. The van der Waals surface area contributed by atoms with Gasteiger partial charge in [0.1, 0.15) is 11.5 Å². The fourth-order valence-corrected chi connectivity index (χ4v) is 3.84. The number of nitrogens with zero attached hydrogens (tertiary/aromatic N) is 1. The third-order valence-corrected chi connectivity index (χ3v) is 5.34. The Morgan fingerprint density at radius 1 is 1.29 bits per heavy atom. The van der Waals surface area contributed by atoms with Gasteiger partial charge in [-0.2, -0.15) is 0 Å². The molecule has 1 atom stereocenters. The molecule has 1 saturated heterocycles. The lowest BCUT2D eigenvalue weighted by Gasteiger charge is -2.26. The summed E-state index contributed by atoms with van der Waals surface area (Å²) in [7, 11) is 1.73. The highest BCUT2D eigenvalue weighted by molar-refractivity contribution is 7.98. The maximum absolute atomic E-state index is 5.67. The van der Waals surface area contributed by atoms with E-state index in [-0.39, 0.29) is 0 Å². The number of hydrogen-bond acceptors (Lipinski definition) is 5. The Hall–Kier alpha value is -1.43. The van der Waals surface area contributed by atoms with Gasteiger partial charge in [-0.1, -0.05) is 6.07 Å². The van der Waals surface area contributed by atoms with Crippen molar-refractivity contribution >= 4 is 11.8 Å². The number of ether oxygens (including phenoxy) is 1.